The summed E-state index contributed by atoms with van der Waals surface area (Å²) in [5, 5.41) is 8.89. The predicted molar refractivity (Wildman–Crippen MR) is 11.1 cm³/mol. The molecule has 0 N–H and O–H groups in total. The standard InChI is InChI=1S/C2H2O3.Cu/c3-1-2(4)5;/h1H,(H,4,5);/q;+1/p-1. The zero-order valence-electron chi connectivity index (χ0n) is 2.60. The van der Waals surface area contributed by atoms with Crippen LogP contribution in [0.25, 0.3) is 0 Å². The van der Waals surface area contributed by atoms with E-state index in [0.29, 0.717) is 0 Å². The van der Waals surface area contributed by atoms with Crippen LogP contribution < -0.4 is 5.11 Å². The van der Waals surface area contributed by atoms with Gasteiger partial charge in [0.2, 0.25) is 0 Å². The van der Waals surface area contributed by atoms with Gasteiger partial charge in [0.15, 0.2) is 6.29 Å². The van der Waals surface area contributed by atoms with E-state index in [0.717, 1.165) is 0 Å². The molecule has 0 bridgehead atoms. The molecule has 0 fully saturated rings. The Labute approximate surface area is 44.8 Å². The molecule has 0 aromatic heterocycles. The van der Waals surface area contributed by atoms with E-state index in [4.69, 9.17) is 14.7 Å². The molecule has 0 spiro atoms. The maximum absolute atomic E-state index is 8.89. The SMILES string of the molecule is O=CC(=O)[O-].[Cu+]. The van der Waals surface area contributed by atoms with Crippen LogP contribution in [-0.4, -0.2) is 12.3 Å². The quantitative estimate of drug-likeness (QED) is 0.237. The molecule has 38 valence electrons. The van der Waals surface area contributed by atoms with Gasteiger partial charge in [-0.05, 0) is 0 Å². The maximum atomic E-state index is 8.89. The van der Waals surface area contributed by atoms with E-state index in [9.17, 15) is 0 Å². The third-order valence-corrected chi connectivity index (χ3v) is 0.0962. The van der Waals surface area contributed by atoms with Gasteiger partial charge in [-0.1, -0.05) is 0 Å². The molecule has 0 aromatic carbocycles. The summed E-state index contributed by atoms with van der Waals surface area (Å²) in [5.74, 6) is -1.68. The Morgan fingerprint density at radius 2 is 1.83 bits per heavy atom. The largest absolute Gasteiger partial charge is 1.00 e. The van der Waals surface area contributed by atoms with Gasteiger partial charge in [0.1, 0.15) is 5.97 Å². The van der Waals surface area contributed by atoms with Crippen LogP contribution in [-0.2, 0) is 26.7 Å². The van der Waals surface area contributed by atoms with E-state index < -0.39 is 5.97 Å². The van der Waals surface area contributed by atoms with Crippen LogP contribution in [0.1, 0.15) is 0 Å². The second-order valence-electron chi connectivity index (χ2n) is 0.437. The van der Waals surface area contributed by atoms with Gasteiger partial charge in [-0.3, -0.25) is 4.79 Å². The van der Waals surface area contributed by atoms with E-state index in [1.165, 1.54) is 0 Å². The zero-order valence-corrected chi connectivity index (χ0v) is 3.55. The summed E-state index contributed by atoms with van der Waals surface area (Å²) in [7, 11) is 0. The van der Waals surface area contributed by atoms with Gasteiger partial charge in [0, 0.05) is 0 Å². The Morgan fingerprint density at radius 1 is 1.67 bits per heavy atom. The maximum Gasteiger partial charge on any atom is 1.00 e. The van der Waals surface area contributed by atoms with Crippen LogP contribution in [0.2, 0.25) is 0 Å². The molecule has 0 aromatic rings. The summed E-state index contributed by atoms with van der Waals surface area (Å²) >= 11 is 0. The minimum absolute atomic E-state index is 0. The molecule has 0 aliphatic heterocycles. The number of aldehydes is 1. The monoisotopic (exact) mass is 136 g/mol. The molecule has 4 heteroatoms. The molecule has 0 saturated heterocycles. The Bertz CT molecular complexity index is 59.8. The molecule has 0 radical (unpaired) electrons. The predicted octanol–water partition coefficient (Wildman–Crippen LogP) is -2.07. The van der Waals surface area contributed by atoms with Crippen molar-refractivity contribution in [3.63, 3.8) is 0 Å². The van der Waals surface area contributed by atoms with E-state index in [1.807, 2.05) is 0 Å². The van der Waals surface area contributed by atoms with Crippen LogP contribution in [0.4, 0.5) is 0 Å². The van der Waals surface area contributed by atoms with Crippen LogP contribution in [0.3, 0.4) is 0 Å². The number of rotatable bonds is 1. The van der Waals surface area contributed by atoms with Crippen LogP contribution in [0.15, 0.2) is 0 Å². The fourth-order valence-corrected chi connectivity index (χ4v) is 0. The average molecular weight is 137 g/mol. The van der Waals surface area contributed by atoms with Crippen molar-refractivity contribution in [3.8, 4) is 0 Å². The zero-order chi connectivity index (χ0) is 4.28. The van der Waals surface area contributed by atoms with Gasteiger partial charge in [0.05, 0.1) is 0 Å². The summed E-state index contributed by atoms with van der Waals surface area (Å²) in [6.07, 6.45) is -0.278. The molecule has 0 unspecified atom stereocenters. The van der Waals surface area contributed by atoms with Crippen molar-refractivity contribution in [3.05, 3.63) is 0 Å². The number of carboxylic acids is 1. The summed E-state index contributed by atoms with van der Waals surface area (Å²) in [5.41, 5.74) is 0. The second-order valence-corrected chi connectivity index (χ2v) is 0.437. The number of aliphatic carboxylic acids is 1. The van der Waals surface area contributed by atoms with Gasteiger partial charge in [-0.15, -0.1) is 0 Å². The first-order valence-electron chi connectivity index (χ1n) is 0.933. The normalized spacial score (nSPS) is 5.33. The van der Waals surface area contributed by atoms with Crippen molar-refractivity contribution in [2.75, 3.05) is 0 Å². The van der Waals surface area contributed by atoms with Crippen molar-refractivity contribution < 1.29 is 31.8 Å². The number of carboxylic acid groups (broad SMARTS) is 1. The Morgan fingerprint density at radius 3 is 1.83 bits per heavy atom. The smallest absolute Gasteiger partial charge is 0.542 e. The van der Waals surface area contributed by atoms with E-state index in [1.54, 1.807) is 0 Å². The van der Waals surface area contributed by atoms with Crippen molar-refractivity contribution >= 4 is 12.3 Å². The molecule has 3 nitrogen and oxygen atoms in total. The van der Waals surface area contributed by atoms with E-state index >= 15 is 0 Å². The van der Waals surface area contributed by atoms with Crippen molar-refractivity contribution in [2.24, 2.45) is 0 Å². The third-order valence-electron chi connectivity index (χ3n) is 0.0962. The topological polar surface area (TPSA) is 57.2 Å². The Balaban J connectivity index is 0. The third kappa shape index (κ3) is 9.40. The second kappa shape index (κ2) is 4.66. The van der Waals surface area contributed by atoms with Gasteiger partial charge in [0.25, 0.3) is 0 Å². The first-order chi connectivity index (χ1) is 2.27. The molecule has 0 aliphatic rings. The minimum Gasteiger partial charge on any atom is -0.542 e. The van der Waals surface area contributed by atoms with Crippen molar-refractivity contribution in [1.82, 2.24) is 0 Å². The first-order valence-corrected chi connectivity index (χ1v) is 0.933. The molecule has 0 atom stereocenters. The number of carbonyl (C=O) groups is 2. The van der Waals surface area contributed by atoms with Gasteiger partial charge in [-0.25, -0.2) is 0 Å². The van der Waals surface area contributed by atoms with Crippen molar-refractivity contribution in [1.29, 1.82) is 0 Å². The molecule has 0 amide bonds. The molecule has 0 saturated carbocycles. The molecular formula is C2HCuO3. The molecule has 0 heterocycles. The van der Waals surface area contributed by atoms with Crippen LogP contribution in [0.5, 0.6) is 0 Å². The Kier molecular flexibility index (Phi) is 7.13. The van der Waals surface area contributed by atoms with E-state index in [-0.39, 0.29) is 23.4 Å². The summed E-state index contributed by atoms with van der Waals surface area (Å²) in [6, 6.07) is 0. The fraction of sp³-hybridized carbons (Fsp3) is 0. The van der Waals surface area contributed by atoms with Crippen LogP contribution in [0, 0.1) is 0 Å². The molecular weight excluding hydrogens is 136 g/mol. The number of carbonyl (C=O) groups excluding carboxylic acids is 2. The fourth-order valence-electron chi connectivity index (χ4n) is 0. The van der Waals surface area contributed by atoms with Crippen molar-refractivity contribution in [2.45, 2.75) is 0 Å². The molecule has 0 rings (SSSR count). The van der Waals surface area contributed by atoms with Gasteiger partial charge >= 0.3 is 17.1 Å². The first kappa shape index (κ1) is 9.18. The van der Waals surface area contributed by atoms with Gasteiger partial charge < -0.3 is 9.90 Å². The summed E-state index contributed by atoms with van der Waals surface area (Å²) in [6.45, 7) is 0. The van der Waals surface area contributed by atoms with Gasteiger partial charge in [-0.2, -0.15) is 0 Å². The molecule has 6 heavy (non-hydrogen) atoms. The number of hydrogen-bond donors (Lipinski definition) is 0. The average Bonchev–Trinajstić information content (AvgIpc) is 1.38. The summed E-state index contributed by atoms with van der Waals surface area (Å²) in [4.78, 5) is 17.7. The molecule has 0 aliphatic carbocycles. The Hall–Kier alpha value is -0.341. The summed E-state index contributed by atoms with van der Waals surface area (Å²) < 4.78 is 0. The van der Waals surface area contributed by atoms with E-state index in [2.05, 4.69) is 0 Å². The number of hydrogen-bond acceptors (Lipinski definition) is 3. The minimum atomic E-state index is -1.68. The van der Waals surface area contributed by atoms with Crippen LogP contribution >= 0.6 is 0 Å².